The Bertz CT molecular complexity index is 1270. The molecule has 32 heavy (non-hydrogen) atoms. The van der Waals surface area contributed by atoms with Crippen molar-refractivity contribution in [1.29, 1.82) is 0 Å². The van der Waals surface area contributed by atoms with Gasteiger partial charge in [-0.05, 0) is 29.8 Å². The first-order chi connectivity index (χ1) is 15.1. The SMILES string of the molecule is CN1C(=O)C(c2ccnc(C(F)F)c2)(c2cc(-c3cncc(F)c3)c(F)cc2F)N=C1N. The van der Waals surface area contributed by atoms with E-state index < -0.39 is 46.6 Å². The molecule has 3 aromatic rings. The van der Waals surface area contributed by atoms with Gasteiger partial charge in [0.25, 0.3) is 12.3 Å². The van der Waals surface area contributed by atoms with Crippen LogP contribution in [0.5, 0.6) is 0 Å². The number of amides is 1. The van der Waals surface area contributed by atoms with Crippen molar-refractivity contribution in [3.05, 3.63) is 83.2 Å². The van der Waals surface area contributed by atoms with Crippen LogP contribution >= 0.6 is 0 Å². The Morgan fingerprint density at radius 2 is 1.81 bits per heavy atom. The quantitative estimate of drug-likeness (QED) is 0.621. The number of carbonyl (C=O) groups excluding carboxylic acids is 1. The third kappa shape index (κ3) is 3.26. The number of carbonyl (C=O) groups is 1. The second-order valence-electron chi connectivity index (χ2n) is 7.02. The van der Waals surface area contributed by atoms with Crippen LogP contribution in [0.1, 0.15) is 23.2 Å². The minimum absolute atomic E-state index is 0.0300. The van der Waals surface area contributed by atoms with Crippen LogP contribution < -0.4 is 5.73 Å². The number of halogens is 5. The number of hydrogen-bond acceptors (Lipinski definition) is 5. The maximum absolute atomic E-state index is 15.1. The molecule has 3 heterocycles. The molecule has 0 spiro atoms. The van der Waals surface area contributed by atoms with Gasteiger partial charge in [-0.1, -0.05) is 0 Å². The zero-order valence-corrected chi connectivity index (χ0v) is 16.4. The van der Waals surface area contributed by atoms with Gasteiger partial charge in [-0.15, -0.1) is 0 Å². The maximum atomic E-state index is 15.1. The summed E-state index contributed by atoms with van der Waals surface area (Å²) in [6, 6.07) is 4.57. The molecule has 0 saturated heterocycles. The lowest BCUT2D eigenvalue weighted by molar-refractivity contribution is -0.129. The fraction of sp³-hybridized carbons (Fsp3) is 0.143. The summed E-state index contributed by atoms with van der Waals surface area (Å²) in [5.74, 6) is -4.14. The number of benzene rings is 1. The number of likely N-dealkylation sites (N-methyl/N-ethyl adjacent to an activating group) is 1. The molecule has 1 unspecified atom stereocenters. The Labute approximate surface area is 178 Å². The topological polar surface area (TPSA) is 84.5 Å². The molecular formula is C21H14F5N5O. The molecule has 1 amide bonds. The fourth-order valence-corrected chi connectivity index (χ4v) is 3.56. The van der Waals surface area contributed by atoms with E-state index in [1.54, 1.807) is 0 Å². The number of pyridine rings is 2. The minimum Gasteiger partial charge on any atom is -0.369 e. The standard InChI is InChI=1S/C21H14F5N5O/c1-31-19(32)21(30-20(31)27,11-2-3-29-17(5-11)18(25)26)14-6-13(15(23)7-16(14)24)10-4-12(22)9-28-8-10/h2-9,18H,1H3,(H2,27,30). The van der Waals surface area contributed by atoms with Gasteiger partial charge >= 0.3 is 0 Å². The molecule has 11 heteroatoms. The second kappa shape index (κ2) is 7.66. The zero-order chi connectivity index (χ0) is 23.2. The third-order valence-electron chi connectivity index (χ3n) is 5.12. The van der Waals surface area contributed by atoms with E-state index in [2.05, 4.69) is 15.0 Å². The van der Waals surface area contributed by atoms with Gasteiger partial charge in [-0.3, -0.25) is 19.7 Å². The summed E-state index contributed by atoms with van der Waals surface area (Å²) in [6.45, 7) is 0. The van der Waals surface area contributed by atoms with Crippen LogP contribution in [0.4, 0.5) is 22.0 Å². The van der Waals surface area contributed by atoms with E-state index >= 15 is 4.39 Å². The highest BCUT2D eigenvalue weighted by Crippen LogP contribution is 2.43. The number of aliphatic imine (C=N–C) groups is 1. The lowest BCUT2D eigenvalue weighted by Gasteiger charge is -2.27. The smallest absolute Gasteiger partial charge is 0.280 e. The molecule has 0 fully saturated rings. The zero-order valence-electron chi connectivity index (χ0n) is 16.4. The van der Waals surface area contributed by atoms with E-state index in [1.807, 2.05) is 0 Å². The summed E-state index contributed by atoms with van der Waals surface area (Å²) >= 11 is 0. The van der Waals surface area contributed by atoms with Crippen LogP contribution in [0.25, 0.3) is 11.1 Å². The van der Waals surface area contributed by atoms with Crippen LogP contribution in [0.3, 0.4) is 0 Å². The third-order valence-corrected chi connectivity index (χ3v) is 5.12. The van der Waals surface area contributed by atoms with Crippen LogP contribution in [-0.2, 0) is 10.3 Å². The molecule has 2 aromatic heterocycles. The lowest BCUT2D eigenvalue weighted by Crippen LogP contribution is -2.41. The van der Waals surface area contributed by atoms with Crippen LogP contribution in [-0.4, -0.2) is 33.8 Å². The molecule has 1 aliphatic rings. The van der Waals surface area contributed by atoms with Crippen LogP contribution in [0.2, 0.25) is 0 Å². The van der Waals surface area contributed by atoms with Crippen molar-refractivity contribution in [3.63, 3.8) is 0 Å². The highest BCUT2D eigenvalue weighted by Gasteiger charge is 2.51. The van der Waals surface area contributed by atoms with Gasteiger partial charge in [0.15, 0.2) is 11.5 Å². The van der Waals surface area contributed by atoms with Crippen molar-refractivity contribution in [2.24, 2.45) is 10.7 Å². The largest absolute Gasteiger partial charge is 0.369 e. The predicted molar refractivity (Wildman–Crippen MR) is 104 cm³/mol. The molecule has 4 rings (SSSR count). The number of guanidine groups is 1. The minimum atomic E-state index is -2.98. The molecule has 0 bridgehead atoms. The van der Waals surface area contributed by atoms with Gasteiger partial charge in [-0.25, -0.2) is 26.9 Å². The first kappa shape index (κ1) is 21.3. The monoisotopic (exact) mass is 447 g/mol. The van der Waals surface area contributed by atoms with Gasteiger partial charge in [0, 0.05) is 42.2 Å². The maximum Gasteiger partial charge on any atom is 0.280 e. The highest BCUT2D eigenvalue weighted by molar-refractivity contribution is 6.09. The van der Waals surface area contributed by atoms with E-state index in [1.165, 1.54) is 13.1 Å². The molecule has 6 nitrogen and oxygen atoms in total. The summed E-state index contributed by atoms with van der Waals surface area (Å²) < 4.78 is 70.0. The summed E-state index contributed by atoms with van der Waals surface area (Å²) in [5.41, 5.74) is 2.00. The molecule has 1 aliphatic heterocycles. The molecular weight excluding hydrogens is 433 g/mol. The predicted octanol–water partition coefficient (Wildman–Crippen LogP) is 3.53. The van der Waals surface area contributed by atoms with E-state index in [-0.39, 0.29) is 22.6 Å². The summed E-state index contributed by atoms with van der Waals surface area (Å²) in [6.07, 6.45) is 0.0949. The highest BCUT2D eigenvalue weighted by atomic mass is 19.3. The molecule has 1 aromatic carbocycles. The van der Waals surface area contributed by atoms with Gasteiger partial charge in [0.1, 0.15) is 23.1 Å². The molecule has 0 saturated carbocycles. The van der Waals surface area contributed by atoms with Crippen LogP contribution in [0.15, 0.2) is 53.9 Å². The molecule has 164 valence electrons. The molecule has 1 atom stereocenters. The van der Waals surface area contributed by atoms with Gasteiger partial charge in [0.05, 0.1) is 6.20 Å². The first-order valence-electron chi connectivity index (χ1n) is 9.13. The Kier molecular flexibility index (Phi) is 5.11. The second-order valence-corrected chi connectivity index (χ2v) is 7.02. The van der Waals surface area contributed by atoms with Gasteiger partial charge in [0.2, 0.25) is 0 Å². The van der Waals surface area contributed by atoms with E-state index in [4.69, 9.17) is 5.73 Å². The molecule has 0 radical (unpaired) electrons. The first-order valence-corrected chi connectivity index (χ1v) is 9.13. The Morgan fingerprint density at radius 3 is 2.44 bits per heavy atom. The fourth-order valence-electron chi connectivity index (χ4n) is 3.56. The Balaban J connectivity index is 2.03. The summed E-state index contributed by atoms with van der Waals surface area (Å²) in [7, 11) is 1.27. The lowest BCUT2D eigenvalue weighted by atomic mass is 9.81. The average Bonchev–Trinajstić information content (AvgIpc) is 2.98. The Hall–Kier alpha value is -3.89. The number of nitrogens with zero attached hydrogens (tertiary/aromatic N) is 4. The van der Waals surface area contributed by atoms with Crippen molar-refractivity contribution in [1.82, 2.24) is 14.9 Å². The molecule has 0 aliphatic carbocycles. The average molecular weight is 447 g/mol. The molecule has 2 N–H and O–H groups in total. The van der Waals surface area contributed by atoms with Crippen molar-refractivity contribution < 1.29 is 26.7 Å². The number of nitrogens with two attached hydrogens (primary N) is 1. The van der Waals surface area contributed by atoms with E-state index in [0.717, 1.165) is 41.7 Å². The number of rotatable bonds is 4. The van der Waals surface area contributed by atoms with Crippen molar-refractivity contribution in [2.75, 3.05) is 7.05 Å². The van der Waals surface area contributed by atoms with Crippen molar-refractivity contribution in [2.45, 2.75) is 12.0 Å². The summed E-state index contributed by atoms with van der Waals surface area (Å²) in [5, 5.41) is 0. The van der Waals surface area contributed by atoms with Crippen LogP contribution in [0, 0.1) is 17.5 Å². The number of hydrogen-bond donors (Lipinski definition) is 1. The normalized spacial score (nSPS) is 18.4. The Morgan fingerprint density at radius 1 is 1.06 bits per heavy atom. The van der Waals surface area contributed by atoms with Gasteiger partial charge in [-0.2, -0.15) is 0 Å². The summed E-state index contributed by atoms with van der Waals surface area (Å²) in [4.78, 5) is 25.5. The van der Waals surface area contributed by atoms with Crippen molar-refractivity contribution >= 4 is 11.9 Å². The van der Waals surface area contributed by atoms with E-state index in [9.17, 15) is 22.4 Å². The number of aromatic nitrogens is 2. The van der Waals surface area contributed by atoms with Crippen molar-refractivity contribution in [3.8, 4) is 11.1 Å². The van der Waals surface area contributed by atoms with E-state index in [0.29, 0.717) is 6.07 Å². The van der Waals surface area contributed by atoms with Gasteiger partial charge < -0.3 is 5.73 Å². The number of alkyl halides is 2.